The topological polar surface area (TPSA) is 70.0 Å². The molecule has 0 spiro atoms. The fraction of sp³-hybridized carbons (Fsp3) is 0.533. The maximum atomic E-state index is 12.1. The number of rotatable bonds is 7. The van der Waals surface area contributed by atoms with Gasteiger partial charge < -0.3 is 0 Å². The van der Waals surface area contributed by atoms with Crippen LogP contribution >= 0.6 is 11.6 Å². The van der Waals surface area contributed by atoms with Crippen LogP contribution in [-0.2, 0) is 10.0 Å². The second-order valence-corrected chi connectivity index (χ2v) is 7.91. The van der Waals surface area contributed by atoms with Crippen LogP contribution in [0.15, 0.2) is 24.3 Å². The lowest BCUT2D eigenvalue weighted by Crippen LogP contribution is -2.32. The quantitative estimate of drug-likeness (QED) is 0.782. The van der Waals surface area contributed by atoms with Crippen LogP contribution in [0.1, 0.15) is 37.8 Å². The summed E-state index contributed by atoms with van der Waals surface area (Å²) in [6.07, 6.45) is 1.64. The molecule has 0 amide bonds. The molecule has 1 aromatic carbocycles. The first-order valence-electron chi connectivity index (χ1n) is 7.05. The second-order valence-electron chi connectivity index (χ2n) is 5.60. The molecule has 1 N–H and O–H groups in total. The number of nitriles is 1. The molecule has 6 heteroatoms. The van der Waals surface area contributed by atoms with Crippen molar-refractivity contribution in [1.82, 2.24) is 4.72 Å². The van der Waals surface area contributed by atoms with E-state index >= 15 is 0 Å². The molecule has 1 aliphatic rings. The van der Waals surface area contributed by atoms with Gasteiger partial charge in [0.25, 0.3) is 0 Å². The molecule has 0 radical (unpaired) electrons. The molecule has 1 aromatic rings. The predicted molar refractivity (Wildman–Crippen MR) is 83.2 cm³/mol. The monoisotopic (exact) mass is 326 g/mol. The van der Waals surface area contributed by atoms with E-state index in [1.54, 1.807) is 12.1 Å². The minimum absolute atomic E-state index is 0.00818. The molecule has 1 fully saturated rings. The lowest BCUT2D eigenvalue weighted by atomic mass is 10.0. The Bertz CT molecular complexity index is 622. The molecule has 0 aliphatic heterocycles. The third-order valence-electron chi connectivity index (χ3n) is 3.84. The van der Waals surface area contributed by atoms with Crippen LogP contribution in [0.25, 0.3) is 0 Å². The number of nitrogens with one attached hydrogen (secondary N) is 1. The minimum atomic E-state index is -3.37. The van der Waals surface area contributed by atoms with Gasteiger partial charge in [0.1, 0.15) is 0 Å². The fourth-order valence-corrected chi connectivity index (χ4v) is 3.95. The SMILES string of the molecule is CC1CC1C(NS(=O)(=O)CCCC#N)c1ccc(Cl)cc1. The van der Waals surface area contributed by atoms with Crippen molar-refractivity contribution in [2.75, 3.05) is 5.75 Å². The van der Waals surface area contributed by atoms with Gasteiger partial charge in [-0.1, -0.05) is 30.7 Å². The van der Waals surface area contributed by atoms with Crippen molar-refractivity contribution >= 4 is 21.6 Å². The number of unbranched alkanes of at least 4 members (excludes halogenated alkanes) is 1. The van der Waals surface area contributed by atoms with Crippen LogP contribution in [0.5, 0.6) is 0 Å². The van der Waals surface area contributed by atoms with Crippen molar-refractivity contribution in [1.29, 1.82) is 5.26 Å². The van der Waals surface area contributed by atoms with Crippen LogP contribution in [0.3, 0.4) is 0 Å². The fourth-order valence-electron chi connectivity index (χ4n) is 2.48. The van der Waals surface area contributed by atoms with Crippen molar-refractivity contribution in [2.45, 2.75) is 32.2 Å². The van der Waals surface area contributed by atoms with Crippen molar-refractivity contribution in [3.05, 3.63) is 34.9 Å². The van der Waals surface area contributed by atoms with Gasteiger partial charge in [-0.3, -0.25) is 0 Å². The van der Waals surface area contributed by atoms with Crippen molar-refractivity contribution in [3.8, 4) is 6.07 Å². The normalized spacial score (nSPS) is 22.5. The van der Waals surface area contributed by atoms with Gasteiger partial charge in [0.15, 0.2) is 0 Å². The van der Waals surface area contributed by atoms with E-state index in [1.807, 2.05) is 18.2 Å². The first-order valence-corrected chi connectivity index (χ1v) is 9.08. The third-order valence-corrected chi connectivity index (χ3v) is 5.53. The van der Waals surface area contributed by atoms with E-state index in [4.69, 9.17) is 16.9 Å². The van der Waals surface area contributed by atoms with Gasteiger partial charge in [0.05, 0.1) is 11.8 Å². The molecule has 114 valence electrons. The lowest BCUT2D eigenvalue weighted by Gasteiger charge is -2.19. The molecule has 1 saturated carbocycles. The Kier molecular flexibility index (Phi) is 5.26. The molecule has 0 bridgehead atoms. The molecular weight excluding hydrogens is 308 g/mol. The smallest absolute Gasteiger partial charge is 0.212 e. The molecular formula is C15H19ClN2O2S. The molecule has 0 saturated heterocycles. The average Bonchev–Trinajstić information content (AvgIpc) is 3.14. The molecule has 3 unspecified atom stereocenters. The molecule has 2 rings (SSSR count). The predicted octanol–water partition coefficient (Wildman–Crippen LogP) is 3.26. The van der Waals surface area contributed by atoms with E-state index in [9.17, 15) is 8.42 Å². The first kappa shape index (κ1) is 16.3. The van der Waals surface area contributed by atoms with Crippen LogP contribution in [0, 0.1) is 23.2 Å². The summed E-state index contributed by atoms with van der Waals surface area (Å²) in [4.78, 5) is 0. The summed E-state index contributed by atoms with van der Waals surface area (Å²) in [5, 5.41) is 9.14. The standard InChI is InChI=1S/C15H19ClN2O2S/c1-11-10-14(11)15(12-4-6-13(16)7-5-12)18-21(19,20)9-3-2-8-17/h4-7,11,14-15,18H,2-3,9-10H2,1H3. The number of benzene rings is 1. The average molecular weight is 327 g/mol. The summed E-state index contributed by atoms with van der Waals surface area (Å²) in [6, 6.07) is 9.06. The zero-order valence-corrected chi connectivity index (χ0v) is 13.5. The number of nitrogens with zero attached hydrogens (tertiary/aromatic N) is 1. The second kappa shape index (κ2) is 6.78. The van der Waals surface area contributed by atoms with Gasteiger partial charge in [-0.25, -0.2) is 13.1 Å². The summed E-state index contributed by atoms with van der Waals surface area (Å²) in [5.41, 5.74) is 0.942. The highest BCUT2D eigenvalue weighted by molar-refractivity contribution is 7.89. The maximum absolute atomic E-state index is 12.1. The van der Waals surface area contributed by atoms with E-state index in [-0.39, 0.29) is 18.2 Å². The van der Waals surface area contributed by atoms with Crippen LogP contribution in [0.2, 0.25) is 5.02 Å². The van der Waals surface area contributed by atoms with E-state index in [2.05, 4.69) is 11.6 Å². The Morgan fingerprint density at radius 1 is 1.43 bits per heavy atom. The third kappa shape index (κ3) is 4.70. The van der Waals surface area contributed by atoms with E-state index in [0.29, 0.717) is 23.3 Å². The summed E-state index contributed by atoms with van der Waals surface area (Å²) in [6.45, 7) is 2.12. The molecule has 21 heavy (non-hydrogen) atoms. The van der Waals surface area contributed by atoms with Crippen LogP contribution in [0.4, 0.5) is 0 Å². The zero-order chi connectivity index (χ0) is 15.5. The number of halogens is 1. The van der Waals surface area contributed by atoms with Gasteiger partial charge in [-0.15, -0.1) is 0 Å². The maximum Gasteiger partial charge on any atom is 0.212 e. The van der Waals surface area contributed by atoms with Crippen LogP contribution in [-0.4, -0.2) is 14.2 Å². The van der Waals surface area contributed by atoms with Gasteiger partial charge in [-0.2, -0.15) is 5.26 Å². The number of hydrogen-bond acceptors (Lipinski definition) is 3. The first-order chi connectivity index (χ1) is 9.93. The summed E-state index contributed by atoms with van der Waals surface area (Å²) < 4.78 is 27.1. The largest absolute Gasteiger partial charge is 0.212 e. The minimum Gasteiger partial charge on any atom is -0.212 e. The van der Waals surface area contributed by atoms with Gasteiger partial charge >= 0.3 is 0 Å². The van der Waals surface area contributed by atoms with E-state index in [1.165, 1.54) is 0 Å². The Balaban J connectivity index is 2.11. The highest BCUT2D eigenvalue weighted by atomic mass is 35.5. The Morgan fingerprint density at radius 3 is 2.57 bits per heavy atom. The van der Waals surface area contributed by atoms with Crippen molar-refractivity contribution < 1.29 is 8.42 Å². The van der Waals surface area contributed by atoms with Crippen molar-refractivity contribution in [2.24, 2.45) is 11.8 Å². The van der Waals surface area contributed by atoms with Crippen LogP contribution < -0.4 is 4.72 Å². The molecule has 3 atom stereocenters. The van der Waals surface area contributed by atoms with Gasteiger partial charge in [0.2, 0.25) is 10.0 Å². The Morgan fingerprint density at radius 2 is 2.05 bits per heavy atom. The van der Waals surface area contributed by atoms with E-state index in [0.717, 1.165) is 12.0 Å². The van der Waals surface area contributed by atoms with Gasteiger partial charge in [-0.05, 0) is 42.4 Å². The number of sulfonamides is 1. The Hall–Kier alpha value is -1.09. The highest BCUT2D eigenvalue weighted by Crippen LogP contribution is 2.47. The summed E-state index contributed by atoms with van der Waals surface area (Å²) in [5.74, 6) is 0.843. The van der Waals surface area contributed by atoms with Crippen molar-refractivity contribution in [3.63, 3.8) is 0 Å². The number of hydrogen-bond donors (Lipinski definition) is 1. The van der Waals surface area contributed by atoms with E-state index < -0.39 is 10.0 Å². The summed E-state index contributed by atoms with van der Waals surface area (Å²) in [7, 11) is -3.37. The molecule has 1 aliphatic carbocycles. The van der Waals surface area contributed by atoms with Gasteiger partial charge in [0, 0.05) is 17.5 Å². The molecule has 0 aromatic heterocycles. The summed E-state index contributed by atoms with van der Waals surface area (Å²) >= 11 is 5.89. The molecule has 4 nitrogen and oxygen atoms in total. The lowest BCUT2D eigenvalue weighted by molar-refractivity contribution is 0.512. The highest BCUT2D eigenvalue weighted by Gasteiger charge is 2.41. The molecule has 0 heterocycles. The zero-order valence-electron chi connectivity index (χ0n) is 11.9. The Labute approximate surface area is 131 Å².